The summed E-state index contributed by atoms with van der Waals surface area (Å²) in [5.74, 6) is 2.26. The normalized spacial score (nSPS) is 22.0. The lowest BCUT2D eigenvalue weighted by Crippen LogP contribution is -2.34. The maximum Gasteiger partial charge on any atom is 0.312 e. The van der Waals surface area contributed by atoms with Gasteiger partial charge in [-0.3, -0.25) is 9.36 Å². The second-order valence-electron chi connectivity index (χ2n) is 6.57. The van der Waals surface area contributed by atoms with Crippen LogP contribution in [0.15, 0.2) is 6.33 Å². The van der Waals surface area contributed by atoms with Gasteiger partial charge in [0.25, 0.3) is 0 Å². The van der Waals surface area contributed by atoms with Crippen LogP contribution in [-0.4, -0.2) is 37.7 Å². The number of nitrogen functional groups attached to an aromatic ring is 1. The van der Waals surface area contributed by atoms with Crippen molar-refractivity contribution < 1.29 is 18.7 Å². The molecular weight excluding hydrogens is 353 g/mol. The number of carbonyl (C=O) groups is 1. The fourth-order valence-corrected chi connectivity index (χ4v) is 3.09. The molecule has 1 fully saturated rings. The van der Waals surface area contributed by atoms with E-state index in [-0.39, 0.29) is 24.0 Å². The summed E-state index contributed by atoms with van der Waals surface area (Å²) in [7, 11) is 0. The molecule has 0 radical (unpaired) electrons. The third-order valence-electron chi connectivity index (χ3n) is 4.60. The molecule has 3 heterocycles. The molecule has 3 rings (SSSR count). The number of rotatable bonds is 7. The maximum absolute atomic E-state index is 13.5. The molecule has 1 aliphatic heterocycles. The molecule has 0 spiro atoms. The molecule has 0 aromatic carbocycles. The van der Waals surface area contributed by atoms with Crippen LogP contribution in [0.4, 0.5) is 10.2 Å². The Kier molecular flexibility index (Phi) is 5.56. The van der Waals surface area contributed by atoms with E-state index in [1.165, 1.54) is 6.33 Å². The number of carbonyl (C=O) groups excluding carboxylic acids is 1. The summed E-state index contributed by atoms with van der Waals surface area (Å²) in [5, 5.41) is 0. The smallest absolute Gasteiger partial charge is 0.312 e. The van der Waals surface area contributed by atoms with Crippen molar-refractivity contribution in [2.75, 3.05) is 12.3 Å². The van der Waals surface area contributed by atoms with Crippen LogP contribution in [0, 0.1) is 18.4 Å². The largest absolute Gasteiger partial charge is 0.462 e. The Balaban J connectivity index is 1.69. The highest BCUT2D eigenvalue weighted by molar-refractivity contribution is 5.81. The second-order valence-corrected chi connectivity index (χ2v) is 6.57. The van der Waals surface area contributed by atoms with E-state index in [0.29, 0.717) is 24.8 Å². The number of ether oxygens (including phenoxy) is 2. The van der Waals surface area contributed by atoms with Gasteiger partial charge in [0, 0.05) is 6.42 Å². The van der Waals surface area contributed by atoms with Crippen molar-refractivity contribution in [3.05, 3.63) is 12.4 Å². The van der Waals surface area contributed by atoms with E-state index in [0.717, 1.165) is 19.3 Å². The Morgan fingerprint density at radius 3 is 3.11 bits per heavy atom. The molecule has 0 amide bonds. The van der Waals surface area contributed by atoms with Gasteiger partial charge in [-0.25, -0.2) is 4.98 Å². The van der Waals surface area contributed by atoms with Crippen molar-refractivity contribution in [3.63, 3.8) is 0 Å². The molecular formula is C18H22FN5O3. The van der Waals surface area contributed by atoms with E-state index in [4.69, 9.17) is 21.6 Å². The number of fused-ring (bicyclic) bond motifs is 1. The van der Waals surface area contributed by atoms with Crippen LogP contribution in [0.25, 0.3) is 11.2 Å². The first kappa shape index (κ1) is 19.0. The van der Waals surface area contributed by atoms with Gasteiger partial charge in [0.2, 0.25) is 0 Å². The molecule has 0 unspecified atom stereocenters. The first-order chi connectivity index (χ1) is 13.0. The number of halogens is 1. The first-order valence-electron chi connectivity index (χ1n) is 8.95. The monoisotopic (exact) mass is 375 g/mol. The minimum absolute atomic E-state index is 0.0247. The molecule has 0 aliphatic carbocycles. The summed E-state index contributed by atoms with van der Waals surface area (Å²) in [6.45, 7) is 2.04. The van der Waals surface area contributed by atoms with E-state index in [2.05, 4.69) is 27.8 Å². The van der Waals surface area contributed by atoms with Crippen LogP contribution in [-0.2, 0) is 14.3 Å². The van der Waals surface area contributed by atoms with Crippen LogP contribution in [0.5, 0.6) is 0 Å². The molecule has 2 aromatic heterocycles. The van der Waals surface area contributed by atoms with Gasteiger partial charge in [-0.15, -0.1) is 6.42 Å². The number of anilines is 1. The number of hydrogen-bond acceptors (Lipinski definition) is 7. The van der Waals surface area contributed by atoms with E-state index in [1.54, 1.807) is 4.57 Å². The molecule has 1 saturated heterocycles. The summed E-state index contributed by atoms with van der Waals surface area (Å²) in [4.78, 5) is 23.2. The molecule has 144 valence electrons. The lowest BCUT2D eigenvalue weighted by molar-refractivity contribution is -0.152. The number of aromatic nitrogens is 4. The van der Waals surface area contributed by atoms with Crippen molar-refractivity contribution in [2.45, 2.75) is 57.3 Å². The van der Waals surface area contributed by atoms with Crippen molar-refractivity contribution in [2.24, 2.45) is 0 Å². The van der Waals surface area contributed by atoms with E-state index >= 15 is 0 Å². The van der Waals surface area contributed by atoms with Gasteiger partial charge in [-0.05, 0) is 19.3 Å². The predicted molar refractivity (Wildman–Crippen MR) is 95.7 cm³/mol. The number of nitrogens with two attached hydrogens (primary N) is 1. The average Bonchev–Trinajstić information content (AvgIpc) is 3.25. The predicted octanol–water partition coefficient (Wildman–Crippen LogP) is 2.35. The van der Waals surface area contributed by atoms with E-state index < -0.39 is 17.9 Å². The lowest BCUT2D eigenvalue weighted by Gasteiger charge is -2.23. The Labute approximate surface area is 156 Å². The summed E-state index contributed by atoms with van der Waals surface area (Å²) >= 11 is 0. The summed E-state index contributed by atoms with van der Waals surface area (Å²) in [5.41, 5.74) is 5.18. The van der Waals surface area contributed by atoms with Gasteiger partial charge in [0.1, 0.15) is 12.8 Å². The van der Waals surface area contributed by atoms with Crippen molar-refractivity contribution in [1.29, 1.82) is 0 Å². The zero-order valence-corrected chi connectivity index (χ0v) is 15.2. The van der Waals surface area contributed by atoms with Crippen LogP contribution in [0.2, 0.25) is 0 Å². The third kappa shape index (κ3) is 4.01. The van der Waals surface area contributed by atoms with Gasteiger partial charge in [-0.1, -0.05) is 25.7 Å². The first-order valence-corrected chi connectivity index (χ1v) is 8.95. The molecule has 9 heteroatoms. The molecule has 1 aliphatic rings. The Morgan fingerprint density at radius 2 is 2.37 bits per heavy atom. The molecule has 0 bridgehead atoms. The van der Waals surface area contributed by atoms with Gasteiger partial charge in [0.15, 0.2) is 22.6 Å². The minimum Gasteiger partial charge on any atom is -0.462 e. The maximum atomic E-state index is 13.5. The van der Waals surface area contributed by atoms with Crippen molar-refractivity contribution in [3.8, 4) is 12.3 Å². The highest BCUT2D eigenvalue weighted by atomic mass is 19.1. The molecule has 0 saturated carbocycles. The van der Waals surface area contributed by atoms with Gasteiger partial charge >= 0.3 is 12.0 Å². The molecule has 2 N–H and O–H groups in total. The number of hydrogen-bond donors (Lipinski definition) is 1. The SMILES string of the molecule is C#C[C@@]1(COC(=O)CCCCC)CC[C@H](n2cnc3c(N)nc(F)nc32)O1. The van der Waals surface area contributed by atoms with E-state index in [9.17, 15) is 9.18 Å². The molecule has 2 aromatic rings. The second kappa shape index (κ2) is 7.88. The molecule has 8 nitrogen and oxygen atoms in total. The fourth-order valence-electron chi connectivity index (χ4n) is 3.09. The highest BCUT2D eigenvalue weighted by Crippen LogP contribution is 2.38. The van der Waals surface area contributed by atoms with Gasteiger partial charge in [-0.2, -0.15) is 14.4 Å². The van der Waals surface area contributed by atoms with Crippen molar-refractivity contribution in [1.82, 2.24) is 19.5 Å². The van der Waals surface area contributed by atoms with Crippen LogP contribution in [0.3, 0.4) is 0 Å². The summed E-state index contributed by atoms with van der Waals surface area (Å²) in [6.07, 6.45) is 9.83. The third-order valence-corrected chi connectivity index (χ3v) is 4.60. The Hall–Kier alpha value is -2.73. The van der Waals surface area contributed by atoms with E-state index in [1.807, 2.05) is 0 Å². The lowest BCUT2D eigenvalue weighted by atomic mass is 10.0. The fraction of sp³-hybridized carbons (Fsp3) is 0.556. The van der Waals surface area contributed by atoms with Gasteiger partial charge < -0.3 is 15.2 Å². The molecule has 27 heavy (non-hydrogen) atoms. The van der Waals surface area contributed by atoms with Crippen LogP contribution in [0.1, 0.15) is 51.7 Å². The Bertz CT molecular complexity index is 878. The number of unbranched alkanes of at least 4 members (excludes halogenated alkanes) is 2. The summed E-state index contributed by atoms with van der Waals surface area (Å²) in [6, 6.07) is 0. The number of esters is 1. The zero-order chi connectivity index (χ0) is 19.4. The Morgan fingerprint density at radius 1 is 1.56 bits per heavy atom. The average molecular weight is 375 g/mol. The van der Waals surface area contributed by atoms with Crippen LogP contribution < -0.4 is 5.73 Å². The molecule has 2 atom stereocenters. The van der Waals surface area contributed by atoms with Crippen molar-refractivity contribution >= 4 is 23.0 Å². The number of terminal acetylenes is 1. The summed E-state index contributed by atoms with van der Waals surface area (Å²) < 4.78 is 26.4. The zero-order valence-electron chi connectivity index (χ0n) is 15.2. The minimum atomic E-state index is -1.03. The van der Waals surface area contributed by atoms with Crippen LogP contribution >= 0.6 is 0 Å². The topological polar surface area (TPSA) is 105 Å². The quantitative estimate of drug-likeness (QED) is 0.343. The standard InChI is InChI=1S/C18H22FN5O3/c1-3-5-6-7-13(25)26-10-18(4-2)9-8-12(27-18)24-11-21-14-15(20)22-17(19)23-16(14)24/h2,11-12H,3,5-10H2,1H3,(H2,20,22,23)/t12-,18+/m1/s1. The number of nitrogens with zero attached hydrogens (tertiary/aromatic N) is 4. The highest BCUT2D eigenvalue weighted by Gasteiger charge is 2.41. The number of imidazole rings is 1. The van der Waals surface area contributed by atoms with Gasteiger partial charge in [0.05, 0.1) is 6.33 Å².